The van der Waals surface area contributed by atoms with Gasteiger partial charge in [-0.1, -0.05) is 0 Å². The Morgan fingerprint density at radius 3 is 2.80 bits per heavy atom. The average molecular weight is 298 g/mol. The van der Waals surface area contributed by atoms with Crippen molar-refractivity contribution >= 4 is 15.7 Å². The molecule has 0 amide bonds. The first-order chi connectivity index (χ1) is 9.47. The highest BCUT2D eigenvalue weighted by Crippen LogP contribution is 2.15. The number of nitrogen functional groups attached to an aromatic ring is 1. The van der Waals surface area contributed by atoms with Gasteiger partial charge in [-0.15, -0.1) is 0 Å². The minimum absolute atomic E-state index is 0.0730. The van der Waals surface area contributed by atoms with E-state index in [1.54, 1.807) is 18.7 Å². The van der Waals surface area contributed by atoms with Gasteiger partial charge in [-0.05, 0) is 24.6 Å². The van der Waals surface area contributed by atoms with Crippen molar-refractivity contribution in [3.05, 3.63) is 42.7 Å². The van der Waals surface area contributed by atoms with Gasteiger partial charge in [0.25, 0.3) is 0 Å². The van der Waals surface area contributed by atoms with Crippen LogP contribution in [-0.2, 0) is 16.6 Å². The van der Waals surface area contributed by atoms with Crippen molar-refractivity contribution in [3.63, 3.8) is 0 Å². The van der Waals surface area contributed by atoms with E-state index in [1.165, 1.54) is 6.07 Å². The largest absolute Gasteiger partial charge is 0.399 e. The molecule has 0 radical (unpaired) electrons. The Hall–Kier alpha value is -1.93. The topological polar surface area (TPSA) is 90.0 Å². The van der Waals surface area contributed by atoms with Crippen LogP contribution in [-0.4, -0.2) is 24.5 Å². The van der Waals surface area contributed by atoms with Crippen molar-refractivity contribution < 1.29 is 12.8 Å². The predicted molar refractivity (Wildman–Crippen MR) is 72.8 cm³/mol. The number of anilines is 1. The van der Waals surface area contributed by atoms with Crippen LogP contribution in [0.1, 0.15) is 6.42 Å². The molecular weight excluding hydrogens is 283 g/mol. The number of imidazole rings is 1. The number of hydrogen-bond acceptors (Lipinski definition) is 4. The van der Waals surface area contributed by atoms with Gasteiger partial charge >= 0.3 is 0 Å². The van der Waals surface area contributed by atoms with Gasteiger partial charge in [0, 0.05) is 31.2 Å². The van der Waals surface area contributed by atoms with Crippen LogP contribution in [0.2, 0.25) is 0 Å². The van der Waals surface area contributed by atoms with E-state index in [4.69, 9.17) is 5.73 Å². The lowest BCUT2D eigenvalue weighted by molar-refractivity contribution is 0.567. The van der Waals surface area contributed by atoms with Crippen LogP contribution in [0.3, 0.4) is 0 Å². The number of aromatic nitrogens is 2. The summed E-state index contributed by atoms with van der Waals surface area (Å²) in [5.74, 6) is -0.677. The molecule has 0 bridgehead atoms. The Kier molecular flexibility index (Phi) is 4.35. The first kappa shape index (κ1) is 14.5. The summed E-state index contributed by atoms with van der Waals surface area (Å²) in [6.07, 6.45) is 5.70. The maximum Gasteiger partial charge on any atom is 0.240 e. The van der Waals surface area contributed by atoms with Gasteiger partial charge in [-0.3, -0.25) is 0 Å². The van der Waals surface area contributed by atoms with Crippen molar-refractivity contribution in [2.75, 3.05) is 12.3 Å². The summed E-state index contributed by atoms with van der Waals surface area (Å²) in [6, 6.07) is 3.23. The molecule has 1 aromatic carbocycles. The third-order valence-electron chi connectivity index (χ3n) is 2.65. The zero-order valence-corrected chi connectivity index (χ0v) is 11.5. The third-order valence-corrected chi connectivity index (χ3v) is 4.09. The summed E-state index contributed by atoms with van der Waals surface area (Å²) < 4.78 is 41.3. The summed E-state index contributed by atoms with van der Waals surface area (Å²) in [7, 11) is -3.74. The van der Waals surface area contributed by atoms with Crippen LogP contribution in [0.25, 0.3) is 0 Å². The molecule has 1 aromatic heterocycles. The van der Waals surface area contributed by atoms with Crippen molar-refractivity contribution in [2.45, 2.75) is 17.9 Å². The quantitative estimate of drug-likeness (QED) is 0.614. The fraction of sp³-hybridized carbons (Fsp3) is 0.250. The number of aryl methyl sites for hydroxylation is 1. The summed E-state index contributed by atoms with van der Waals surface area (Å²) in [5, 5.41) is 0. The van der Waals surface area contributed by atoms with Gasteiger partial charge in [-0.25, -0.2) is 22.5 Å². The number of benzene rings is 1. The van der Waals surface area contributed by atoms with Crippen LogP contribution in [0.4, 0.5) is 10.1 Å². The predicted octanol–water partition coefficient (Wildman–Crippen LogP) is 0.973. The molecule has 0 saturated carbocycles. The minimum Gasteiger partial charge on any atom is -0.399 e. The number of nitrogens with zero attached hydrogens (tertiary/aromatic N) is 2. The molecule has 3 N–H and O–H groups in total. The van der Waals surface area contributed by atoms with E-state index in [2.05, 4.69) is 9.71 Å². The van der Waals surface area contributed by atoms with E-state index in [0.29, 0.717) is 13.0 Å². The molecule has 0 unspecified atom stereocenters. The number of nitrogens with two attached hydrogens (primary N) is 1. The second-order valence-corrected chi connectivity index (χ2v) is 6.04. The van der Waals surface area contributed by atoms with Gasteiger partial charge in [0.1, 0.15) is 5.82 Å². The second kappa shape index (κ2) is 6.02. The zero-order valence-electron chi connectivity index (χ0n) is 10.7. The van der Waals surface area contributed by atoms with Crippen LogP contribution in [0.15, 0.2) is 41.8 Å². The minimum atomic E-state index is -3.74. The molecule has 8 heteroatoms. The monoisotopic (exact) mass is 298 g/mol. The molecule has 2 rings (SSSR count). The van der Waals surface area contributed by atoms with Crippen LogP contribution in [0, 0.1) is 5.82 Å². The van der Waals surface area contributed by atoms with Gasteiger partial charge in [-0.2, -0.15) is 0 Å². The lowest BCUT2D eigenvalue weighted by Gasteiger charge is -2.08. The summed E-state index contributed by atoms with van der Waals surface area (Å²) >= 11 is 0. The Labute approximate surface area is 116 Å². The maximum absolute atomic E-state index is 13.2. The van der Waals surface area contributed by atoms with E-state index >= 15 is 0 Å². The molecule has 20 heavy (non-hydrogen) atoms. The summed E-state index contributed by atoms with van der Waals surface area (Å²) in [4.78, 5) is 3.72. The molecule has 0 saturated heterocycles. The Balaban J connectivity index is 1.93. The fourth-order valence-electron chi connectivity index (χ4n) is 1.71. The molecule has 0 fully saturated rings. The van der Waals surface area contributed by atoms with Gasteiger partial charge < -0.3 is 10.3 Å². The van der Waals surface area contributed by atoms with E-state index in [0.717, 1.165) is 12.1 Å². The second-order valence-electron chi connectivity index (χ2n) is 4.27. The van der Waals surface area contributed by atoms with Gasteiger partial charge in [0.05, 0.1) is 11.2 Å². The highest BCUT2D eigenvalue weighted by atomic mass is 32.2. The first-order valence-corrected chi connectivity index (χ1v) is 7.47. The molecule has 0 aliphatic carbocycles. The van der Waals surface area contributed by atoms with E-state index in [-0.39, 0.29) is 17.1 Å². The standard InChI is InChI=1S/C12H15FN4O2S/c13-10-6-11(14)8-12(7-10)20(18,19)16-2-1-4-17-5-3-15-9-17/h3,5-9,16H,1-2,4,14H2. The first-order valence-electron chi connectivity index (χ1n) is 5.99. The Bertz CT molecular complexity index is 651. The smallest absolute Gasteiger partial charge is 0.240 e. The van der Waals surface area contributed by atoms with Gasteiger partial charge in [0.2, 0.25) is 10.0 Å². The lowest BCUT2D eigenvalue weighted by Crippen LogP contribution is -2.25. The number of hydrogen-bond donors (Lipinski definition) is 2. The highest BCUT2D eigenvalue weighted by Gasteiger charge is 2.14. The van der Waals surface area contributed by atoms with Crippen LogP contribution >= 0.6 is 0 Å². The lowest BCUT2D eigenvalue weighted by atomic mass is 10.3. The molecule has 108 valence electrons. The van der Waals surface area contributed by atoms with Crippen molar-refractivity contribution in [1.82, 2.24) is 14.3 Å². The molecule has 2 aromatic rings. The van der Waals surface area contributed by atoms with E-state index < -0.39 is 15.8 Å². The average Bonchev–Trinajstić information content (AvgIpc) is 2.86. The maximum atomic E-state index is 13.2. The Morgan fingerprint density at radius 2 is 2.15 bits per heavy atom. The number of halogens is 1. The van der Waals surface area contributed by atoms with E-state index in [1.807, 2.05) is 4.57 Å². The summed E-state index contributed by atoms with van der Waals surface area (Å²) in [6.45, 7) is 0.894. The normalized spacial score (nSPS) is 11.7. The van der Waals surface area contributed by atoms with Crippen LogP contribution in [0.5, 0.6) is 0 Å². The molecule has 0 aliphatic rings. The molecule has 1 heterocycles. The SMILES string of the molecule is Nc1cc(F)cc(S(=O)(=O)NCCCn2ccnc2)c1. The highest BCUT2D eigenvalue weighted by molar-refractivity contribution is 7.89. The van der Waals surface area contributed by atoms with Crippen molar-refractivity contribution in [1.29, 1.82) is 0 Å². The zero-order chi connectivity index (χ0) is 14.6. The van der Waals surface area contributed by atoms with E-state index in [9.17, 15) is 12.8 Å². The van der Waals surface area contributed by atoms with Gasteiger partial charge in [0.15, 0.2) is 0 Å². The molecular formula is C12H15FN4O2S. The summed E-state index contributed by atoms with van der Waals surface area (Å²) in [5.41, 5.74) is 5.51. The fourth-order valence-corrected chi connectivity index (χ4v) is 2.85. The molecule has 0 spiro atoms. The third kappa shape index (κ3) is 3.78. The molecule has 0 aliphatic heterocycles. The van der Waals surface area contributed by atoms with Crippen molar-refractivity contribution in [3.8, 4) is 0 Å². The number of nitrogens with one attached hydrogen (secondary N) is 1. The van der Waals surface area contributed by atoms with Crippen LogP contribution < -0.4 is 10.5 Å². The molecule has 6 nitrogen and oxygen atoms in total. The molecule has 0 atom stereocenters. The Morgan fingerprint density at radius 1 is 1.35 bits per heavy atom. The number of rotatable bonds is 6. The van der Waals surface area contributed by atoms with Crippen molar-refractivity contribution in [2.24, 2.45) is 0 Å². The number of sulfonamides is 1.